The summed E-state index contributed by atoms with van der Waals surface area (Å²) in [7, 11) is 0. The Balaban J connectivity index is 2.81. The van der Waals surface area contributed by atoms with Crippen molar-refractivity contribution < 1.29 is 18.4 Å². The van der Waals surface area contributed by atoms with Gasteiger partial charge >= 0.3 is 0 Å². The second-order valence-corrected chi connectivity index (χ2v) is 4.69. The molecule has 0 spiro atoms. The van der Waals surface area contributed by atoms with Gasteiger partial charge < -0.3 is 11.1 Å². The molecule has 0 aliphatic rings. The maximum atomic E-state index is 13.0. The van der Waals surface area contributed by atoms with Crippen molar-refractivity contribution in [2.75, 3.05) is 0 Å². The first-order valence-corrected chi connectivity index (χ1v) is 5.86. The minimum atomic E-state index is -1.12. The van der Waals surface area contributed by atoms with Crippen molar-refractivity contribution in [1.29, 1.82) is 0 Å². The highest BCUT2D eigenvalue weighted by Crippen LogP contribution is 2.10. The van der Waals surface area contributed by atoms with Crippen molar-refractivity contribution in [3.63, 3.8) is 0 Å². The van der Waals surface area contributed by atoms with Crippen LogP contribution in [-0.4, -0.2) is 17.9 Å². The molecular formula is C13H16F2N2O2. The molecule has 0 aliphatic carbocycles. The van der Waals surface area contributed by atoms with Crippen LogP contribution < -0.4 is 11.1 Å². The average Bonchev–Trinajstić information content (AvgIpc) is 2.31. The van der Waals surface area contributed by atoms with Crippen LogP contribution in [0.15, 0.2) is 18.2 Å². The molecule has 0 unspecified atom stereocenters. The Bertz CT molecular complexity index is 490. The summed E-state index contributed by atoms with van der Waals surface area (Å²) in [5.41, 5.74) is 5.12. The summed E-state index contributed by atoms with van der Waals surface area (Å²) in [6.07, 6.45) is 0.380. The summed E-state index contributed by atoms with van der Waals surface area (Å²) in [6.45, 7) is 3.75. The number of nitrogens with one attached hydrogen (secondary N) is 1. The van der Waals surface area contributed by atoms with Gasteiger partial charge in [-0.3, -0.25) is 9.59 Å². The Kier molecular flexibility index (Phi) is 4.97. The molecule has 0 heterocycles. The van der Waals surface area contributed by atoms with Crippen molar-refractivity contribution in [2.45, 2.75) is 26.3 Å². The van der Waals surface area contributed by atoms with E-state index in [4.69, 9.17) is 5.73 Å². The van der Waals surface area contributed by atoms with E-state index in [9.17, 15) is 18.4 Å². The van der Waals surface area contributed by atoms with Gasteiger partial charge in [-0.2, -0.15) is 0 Å². The zero-order valence-electron chi connectivity index (χ0n) is 10.7. The van der Waals surface area contributed by atoms with E-state index < -0.39 is 29.5 Å². The van der Waals surface area contributed by atoms with Crippen LogP contribution in [0, 0.1) is 17.6 Å². The van der Waals surface area contributed by atoms with Crippen LogP contribution in [0.5, 0.6) is 0 Å². The molecule has 6 heteroatoms. The zero-order chi connectivity index (χ0) is 14.6. The van der Waals surface area contributed by atoms with E-state index in [-0.39, 0.29) is 11.5 Å². The maximum Gasteiger partial charge on any atom is 0.252 e. The molecule has 0 aliphatic heterocycles. The molecule has 0 fully saturated rings. The third-order valence-corrected chi connectivity index (χ3v) is 2.54. The van der Waals surface area contributed by atoms with Gasteiger partial charge in [0, 0.05) is 5.56 Å². The second kappa shape index (κ2) is 6.26. The number of amides is 2. The third kappa shape index (κ3) is 4.31. The third-order valence-electron chi connectivity index (χ3n) is 2.54. The number of hydrogen-bond donors (Lipinski definition) is 2. The number of rotatable bonds is 5. The van der Waals surface area contributed by atoms with Crippen molar-refractivity contribution >= 4 is 11.8 Å². The molecule has 0 radical (unpaired) electrons. The summed E-state index contributed by atoms with van der Waals surface area (Å²) < 4.78 is 25.7. The number of carbonyl (C=O) groups is 2. The summed E-state index contributed by atoms with van der Waals surface area (Å²) in [4.78, 5) is 23.0. The Morgan fingerprint density at radius 3 is 2.37 bits per heavy atom. The maximum absolute atomic E-state index is 13.0. The minimum absolute atomic E-state index is 0.0612. The Hall–Kier alpha value is -1.98. The first-order chi connectivity index (χ1) is 8.81. The SMILES string of the molecule is CC(C)C[C@@H](NC(=O)c1ccc(F)c(F)c1)C(N)=O. The molecule has 104 valence electrons. The Labute approximate surface area is 110 Å². The molecular weight excluding hydrogens is 254 g/mol. The zero-order valence-corrected chi connectivity index (χ0v) is 10.7. The van der Waals surface area contributed by atoms with E-state index in [0.717, 1.165) is 18.2 Å². The lowest BCUT2D eigenvalue weighted by molar-refractivity contribution is -0.120. The van der Waals surface area contributed by atoms with E-state index in [1.165, 1.54) is 0 Å². The van der Waals surface area contributed by atoms with Crippen molar-refractivity contribution in [1.82, 2.24) is 5.32 Å². The van der Waals surface area contributed by atoms with E-state index in [0.29, 0.717) is 6.42 Å². The molecule has 0 bridgehead atoms. The molecule has 0 saturated carbocycles. The highest BCUT2D eigenvalue weighted by molar-refractivity contribution is 5.97. The molecule has 2 amide bonds. The van der Waals surface area contributed by atoms with E-state index >= 15 is 0 Å². The van der Waals surface area contributed by atoms with Crippen LogP contribution in [0.4, 0.5) is 8.78 Å². The van der Waals surface area contributed by atoms with E-state index in [1.54, 1.807) is 0 Å². The topological polar surface area (TPSA) is 72.2 Å². The summed E-state index contributed by atoms with van der Waals surface area (Å²) in [5.74, 6) is -3.33. The molecule has 1 atom stereocenters. The largest absolute Gasteiger partial charge is 0.368 e. The monoisotopic (exact) mass is 270 g/mol. The fourth-order valence-electron chi connectivity index (χ4n) is 1.60. The molecule has 0 saturated heterocycles. The van der Waals surface area contributed by atoms with Gasteiger partial charge in [0.1, 0.15) is 6.04 Å². The number of hydrogen-bond acceptors (Lipinski definition) is 2. The van der Waals surface area contributed by atoms with Crippen LogP contribution in [0.3, 0.4) is 0 Å². The van der Waals surface area contributed by atoms with Gasteiger partial charge in [-0.15, -0.1) is 0 Å². The van der Waals surface area contributed by atoms with Crippen LogP contribution in [0.2, 0.25) is 0 Å². The van der Waals surface area contributed by atoms with Gasteiger partial charge in [-0.25, -0.2) is 8.78 Å². The van der Waals surface area contributed by atoms with Crippen LogP contribution in [0.1, 0.15) is 30.6 Å². The first-order valence-electron chi connectivity index (χ1n) is 5.86. The molecule has 4 nitrogen and oxygen atoms in total. The normalized spacial score (nSPS) is 12.3. The predicted octanol–water partition coefficient (Wildman–Crippen LogP) is 1.59. The highest BCUT2D eigenvalue weighted by atomic mass is 19.2. The first kappa shape index (κ1) is 15.1. The minimum Gasteiger partial charge on any atom is -0.368 e. The molecule has 1 rings (SSSR count). The van der Waals surface area contributed by atoms with Gasteiger partial charge in [-0.1, -0.05) is 13.8 Å². The predicted molar refractivity (Wildman–Crippen MR) is 66.3 cm³/mol. The van der Waals surface area contributed by atoms with Crippen LogP contribution in [0.25, 0.3) is 0 Å². The quantitative estimate of drug-likeness (QED) is 0.853. The molecule has 3 N–H and O–H groups in total. The summed E-state index contributed by atoms with van der Waals surface area (Å²) >= 11 is 0. The fourth-order valence-corrected chi connectivity index (χ4v) is 1.60. The molecule has 19 heavy (non-hydrogen) atoms. The van der Waals surface area contributed by atoms with Crippen molar-refractivity contribution in [2.24, 2.45) is 11.7 Å². The number of nitrogens with two attached hydrogens (primary N) is 1. The van der Waals surface area contributed by atoms with Gasteiger partial charge in [0.15, 0.2) is 11.6 Å². The fraction of sp³-hybridized carbons (Fsp3) is 0.385. The standard InChI is InChI=1S/C13H16F2N2O2/c1-7(2)5-11(12(16)18)17-13(19)8-3-4-9(14)10(15)6-8/h3-4,6-7,11H,5H2,1-2H3,(H2,16,18)(H,17,19)/t11-/m1/s1. The van der Waals surface area contributed by atoms with Crippen molar-refractivity contribution in [3.8, 4) is 0 Å². The Morgan fingerprint density at radius 2 is 1.89 bits per heavy atom. The van der Waals surface area contributed by atoms with Crippen LogP contribution >= 0.6 is 0 Å². The highest BCUT2D eigenvalue weighted by Gasteiger charge is 2.20. The molecule has 1 aromatic carbocycles. The van der Waals surface area contributed by atoms with Gasteiger partial charge in [0.25, 0.3) is 5.91 Å². The van der Waals surface area contributed by atoms with Crippen LogP contribution in [-0.2, 0) is 4.79 Å². The summed E-state index contributed by atoms with van der Waals surface area (Å²) in [5, 5.41) is 2.41. The lowest BCUT2D eigenvalue weighted by Crippen LogP contribution is -2.45. The smallest absolute Gasteiger partial charge is 0.252 e. The summed E-state index contributed by atoms with van der Waals surface area (Å²) in [6, 6.07) is 1.94. The van der Waals surface area contributed by atoms with Gasteiger partial charge in [0.2, 0.25) is 5.91 Å². The van der Waals surface area contributed by atoms with E-state index in [1.807, 2.05) is 13.8 Å². The molecule has 1 aromatic rings. The number of carbonyl (C=O) groups excluding carboxylic acids is 2. The van der Waals surface area contributed by atoms with E-state index in [2.05, 4.69) is 5.32 Å². The van der Waals surface area contributed by atoms with Crippen molar-refractivity contribution in [3.05, 3.63) is 35.4 Å². The lowest BCUT2D eigenvalue weighted by Gasteiger charge is -2.17. The Morgan fingerprint density at radius 1 is 1.26 bits per heavy atom. The molecule has 0 aromatic heterocycles. The second-order valence-electron chi connectivity index (χ2n) is 4.69. The van der Waals surface area contributed by atoms with Gasteiger partial charge in [0.05, 0.1) is 0 Å². The number of halogens is 2. The lowest BCUT2D eigenvalue weighted by atomic mass is 10.0. The number of primary amides is 1. The number of benzene rings is 1. The van der Waals surface area contributed by atoms with Gasteiger partial charge in [-0.05, 0) is 30.5 Å². The average molecular weight is 270 g/mol.